The number of fused-ring (bicyclic) bond motifs is 1. The Morgan fingerprint density at radius 2 is 2.28 bits per heavy atom. The van der Waals surface area contributed by atoms with Crippen LogP contribution in [-0.2, 0) is 0 Å². The first-order valence-electron chi connectivity index (χ1n) is 4.74. The average molecular weight is 264 g/mol. The summed E-state index contributed by atoms with van der Waals surface area (Å²) >= 11 is 1.17. The predicted molar refractivity (Wildman–Crippen MR) is 63.1 cm³/mol. The Labute approximate surface area is 105 Å². The van der Waals surface area contributed by atoms with E-state index in [-0.39, 0.29) is 5.01 Å². The van der Waals surface area contributed by atoms with E-state index in [1.807, 2.05) is 0 Å². The van der Waals surface area contributed by atoms with Crippen LogP contribution in [0.25, 0.3) is 11.2 Å². The molecule has 3 aromatic rings. The number of hydrogen-bond acceptors (Lipinski definition) is 7. The number of thiazole rings is 1. The summed E-state index contributed by atoms with van der Waals surface area (Å²) in [4.78, 5) is 28.6. The van der Waals surface area contributed by atoms with Crippen LogP contribution in [0.4, 0.5) is 0 Å². The molecule has 0 unspecified atom stereocenters. The topological polar surface area (TPSA) is 117 Å². The van der Waals surface area contributed by atoms with Gasteiger partial charge in [-0.3, -0.25) is 10.0 Å². The summed E-state index contributed by atoms with van der Waals surface area (Å²) in [5.41, 5.74) is 3.06. The van der Waals surface area contributed by atoms with Gasteiger partial charge in [0.05, 0.1) is 12.5 Å². The lowest BCUT2D eigenvalue weighted by molar-refractivity contribution is 0.0706. The highest BCUT2D eigenvalue weighted by Gasteiger charge is 2.04. The number of nitrogens with one attached hydrogen (secondary N) is 2. The van der Waals surface area contributed by atoms with E-state index in [0.29, 0.717) is 5.65 Å². The van der Waals surface area contributed by atoms with E-state index in [9.17, 15) is 4.79 Å². The van der Waals surface area contributed by atoms with Crippen LogP contribution in [0.15, 0.2) is 30.4 Å². The number of imidazole rings is 1. The third kappa shape index (κ3) is 2.84. The number of rotatable bonds is 1. The van der Waals surface area contributed by atoms with Gasteiger partial charge < -0.3 is 4.98 Å². The van der Waals surface area contributed by atoms with Gasteiger partial charge in [0, 0.05) is 11.6 Å². The second-order valence-electron chi connectivity index (χ2n) is 2.94. The zero-order chi connectivity index (χ0) is 12.8. The monoisotopic (exact) mass is 264 g/mol. The molecule has 92 valence electrons. The van der Waals surface area contributed by atoms with Crippen molar-refractivity contribution in [3.63, 3.8) is 0 Å². The maximum absolute atomic E-state index is 10.5. The van der Waals surface area contributed by atoms with E-state index in [0.717, 1.165) is 5.52 Å². The minimum atomic E-state index is -0.565. The van der Waals surface area contributed by atoms with Crippen LogP contribution in [-0.4, -0.2) is 36.0 Å². The van der Waals surface area contributed by atoms with Crippen molar-refractivity contribution in [2.24, 2.45) is 0 Å². The molecule has 3 aromatic heterocycles. The third-order valence-corrected chi connectivity index (χ3v) is 2.60. The number of carbonyl (C=O) groups excluding carboxylic acids is 1. The molecular weight excluding hydrogens is 256 g/mol. The normalized spacial score (nSPS) is 9.61. The lowest BCUT2D eigenvalue weighted by Gasteiger charge is -1.87. The van der Waals surface area contributed by atoms with E-state index in [1.54, 1.807) is 17.9 Å². The molecule has 0 aliphatic carbocycles. The van der Waals surface area contributed by atoms with Crippen LogP contribution in [0.1, 0.15) is 9.80 Å². The third-order valence-electron chi connectivity index (χ3n) is 1.83. The molecule has 3 rings (SSSR count). The quantitative estimate of drug-likeness (QED) is 0.438. The summed E-state index contributed by atoms with van der Waals surface area (Å²) in [6.07, 6.45) is 6.26. The first-order chi connectivity index (χ1) is 8.81. The number of hydroxylamine groups is 1. The van der Waals surface area contributed by atoms with Gasteiger partial charge in [0.15, 0.2) is 10.7 Å². The lowest BCUT2D eigenvalue weighted by atomic mass is 10.6. The van der Waals surface area contributed by atoms with Gasteiger partial charge in [-0.25, -0.2) is 25.4 Å². The van der Waals surface area contributed by atoms with Crippen molar-refractivity contribution < 1.29 is 10.0 Å². The lowest BCUT2D eigenvalue weighted by Crippen LogP contribution is -2.17. The van der Waals surface area contributed by atoms with Gasteiger partial charge in [0.2, 0.25) is 0 Å². The van der Waals surface area contributed by atoms with Crippen molar-refractivity contribution in [2.75, 3.05) is 0 Å². The molecule has 3 N–H and O–H groups in total. The molecule has 0 aliphatic rings. The van der Waals surface area contributed by atoms with E-state index in [2.05, 4.69) is 24.9 Å². The summed E-state index contributed by atoms with van der Waals surface area (Å²) in [5.74, 6) is -0.565. The molecule has 0 saturated heterocycles. The largest absolute Gasteiger partial charge is 0.342 e. The van der Waals surface area contributed by atoms with Crippen molar-refractivity contribution in [1.29, 1.82) is 0 Å². The van der Waals surface area contributed by atoms with Crippen molar-refractivity contribution in [1.82, 2.24) is 30.4 Å². The second-order valence-corrected chi connectivity index (χ2v) is 3.84. The van der Waals surface area contributed by atoms with Crippen molar-refractivity contribution >= 4 is 28.4 Å². The van der Waals surface area contributed by atoms with Gasteiger partial charge in [-0.2, -0.15) is 0 Å². The standard InChI is InChI=1S/C5H4N4.C4H4N2O2S/c1-4-5(8-2-6-1)9-3-7-4;7-3(6-8)4-5-1-2-9-4/h1-3H,(H,6,7,8,9);1-2,8H,(H,6,7). The maximum atomic E-state index is 10.5. The van der Waals surface area contributed by atoms with Gasteiger partial charge >= 0.3 is 5.91 Å². The Balaban J connectivity index is 0.000000134. The van der Waals surface area contributed by atoms with Gasteiger partial charge in [-0.05, 0) is 0 Å². The molecule has 0 saturated carbocycles. The number of aromatic nitrogens is 5. The molecule has 18 heavy (non-hydrogen) atoms. The first-order valence-corrected chi connectivity index (χ1v) is 5.62. The fraction of sp³-hybridized carbons (Fsp3) is 0. The highest BCUT2D eigenvalue weighted by atomic mass is 32.1. The number of carbonyl (C=O) groups is 1. The molecule has 0 spiro atoms. The molecule has 0 atom stereocenters. The van der Waals surface area contributed by atoms with Crippen molar-refractivity contribution in [2.45, 2.75) is 0 Å². The molecule has 1 amide bonds. The molecule has 0 aromatic carbocycles. The first kappa shape index (κ1) is 12.1. The van der Waals surface area contributed by atoms with E-state index in [1.165, 1.54) is 29.3 Å². The molecule has 0 fully saturated rings. The Kier molecular flexibility index (Phi) is 3.89. The van der Waals surface area contributed by atoms with Crippen LogP contribution >= 0.6 is 11.3 Å². The molecule has 8 nitrogen and oxygen atoms in total. The van der Waals surface area contributed by atoms with Crippen LogP contribution in [0.2, 0.25) is 0 Å². The molecular formula is C9H8N6O2S. The van der Waals surface area contributed by atoms with Crippen molar-refractivity contribution in [3.8, 4) is 0 Å². The summed E-state index contributed by atoms with van der Waals surface area (Å²) in [6, 6.07) is 0. The highest BCUT2D eigenvalue weighted by molar-refractivity contribution is 7.11. The summed E-state index contributed by atoms with van der Waals surface area (Å²) in [6.45, 7) is 0. The average Bonchev–Trinajstić information content (AvgIpc) is 3.09. The Hall–Kier alpha value is -2.39. The molecule has 0 radical (unpaired) electrons. The van der Waals surface area contributed by atoms with Crippen molar-refractivity contribution in [3.05, 3.63) is 35.4 Å². The Morgan fingerprint density at radius 1 is 1.39 bits per heavy atom. The fourth-order valence-corrected chi connectivity index (χ4v) is 1.60. The second kappa shape index (κ2) is 5.80. The molecule has 3 heterocycles. The summed E-state index contributed by atoms with van der Waals surface area (Å²) in [5, 5.41) is 9.99. The van der Waals surface area contributed by atoms with E-state index >= 15 is 0 Å². The predicted octanol–water partition coefficient (Wildman–Crippen LogP) is 0.615. The van der Waals surface area contributed by atoms with Crippen LogP contribution in [0.3, 0.4) is 0 Å². The van der Waals surface area contributed by atoms with Crippen LogP contribution in [0, 0.1) is 0 Å². The minimum absolute atomic E-state index is 0.262. The van der Waals surface area contributed by atoms with E-state index < -0.39 is 5.91 Å². The number of aromatic amines is 1. The minimum Gasteiger partial charge on any atom is -0.342 e. The summed E-state index contributed by atoms with van der Waals surface area (Å²) < 4.78 is 0. The summed E-state index contributed by atoms with van der Waals surface area (Å²) in [7, 11) is 0. The Morgan fingerprint density at radius 3 is 2.94 bits per heavy atom. The Bertz CT molecular complexity index is 593. The molecule has 0 bridgehead atoms. The van der Waals surface area contributed by atoms with Crippen LogP contribution in [0.5, 0.6) is 0 Å². The van der Waals surface area contributed by atoms with Gasteiger partial charge in [-0.15, -0.1) is 11.3 Å². The maximum Gasteiger partial charge on any atom is 0.303 e. The number of H-pyrrole nitrogens is 1. The zero-order valence-corrected chi connectivity index (χ0v) is 9.76. The number of amides is 1. The smallest absolute Gasteiger partial charge is 0.303 e. The number of nitrogens with zero attached hydrogens (tertiary/aromatic N) is 4. The zero-order valence-electron chi connectivity index (χ0n) is 8.94. The van der Waals surface area contributed by atoms with Gasteiger partial charge in [0.25, 0.3) is 0 Å². The number of hydrogen-bond donors (Lipinski definition) is 3. The van der Waals surface area contributed by atoms with Gasteiger partial charge in [0.1, 0.15) is 11.8 Å². The van der Waals surface area contributed by atoms with Crippen LogP contribution < -0.4 is 5.48 Å². The highest BCUT2D eigenvalue weighted by Crippen LogP contribution is 2.01. The molecule has 9 heteroatoms. The fourth-order valence-electron chi connectivity index (χ4n) is 1.07. The SMILES string of the molecule is O=C(NO)c1nccs1.c1ncc2[nH]cnc2n1. The van der Waals surface area contributed by atoms with E-state index in [4.69, 9.17) is 5.21 Å². The molecule has 0 aliphatic heterocycles. The van der Waals surface area contributed by atoms with Gasteiger partial charge in [-0.1, -0.05) is 0 Å².